The third kappa shape index (κ3) is 5.36. The monoisotopic (exact) mass is 745 g/mol. The minimum absolute atomic E-state index is 0.0917. The number of nitrogens with zero attached hydrogens (tertiary/aromatic N) is 1. The number of fused-ring (bicyclic) bond motifs is 7. The van der Waals surface area contributed by atoms with Crippen molar-refractivity contribution in [3.63, 3.8) is 0 Å². The fraction of sp³-hybridized carbons (Fsp3) is 0.0545. The maximum atomic E-state index is 2.44. The largest absolute Gasteiger partial charge is 0.310 e. The summed E-state index contributed by atoms with van der Waals surface area (Å²) in [5, 5.41) is 5.13. The van der Waals surface area contributed by atoms with Gasteiger partial charge in [-0.1, -0.05) is 178 Å². The van der Waals surface area contributed by atoms with Gasteiger partial charge in [0.2, 0.25) is 0 Å². The summed E-state index contributed by atoms with van der Waals surface area (Å²) in [6.07, 6.45) is 0. The molecule has 0 fully saturated rings. The van der Waals surface area contributed by atoms with E-state index in [-0.39, 0.29) is 5.41 Å². The van der Waals surface area contributed by atoms with Crippen LogP contribution in [0.25, 0.3) is 75.5 Å². The molecule has 0 bridgehead atoms. The molecule has 0 atom stereocenters. The summed E-state index contributed by atoms with van der Waals surface area (Å²) < 4.78 is 2.63. The summed E-state index contributed by atoms with van der Waals surface area (Å²) in [6.45, 7) is 4.74. The Morgan fingerprint density at radius 1 is 0.386 bits per heavy atom. The molecule has 11 rings (SSSR count). The van der Waals surface area contributed by atoms with Gasteiger partial charge in [-0.15, -0.1) is 11.3 Å². The van der Waals surface area contributed by atoms with E-state index < -0.39 is 0 Å². The standard InChI is InChI=1S/C55H39NS/c1-55(2)50-25-8-5-17-44(50)47-22-12-21-43(53(47)55)38-30-34-40(35-31-38)56(39-32-28-37(29-33-39)42-20-11-15-36-14-3-4-16-41(36)42)51-26-9-6-18-45(51)48-23-13-24-49-46-19-7-10-27-52(46)57-54(48)49/h3-35H,1-2H3. The maximum Gasteiger partial charge on any atom is 0.0540 e. The van der Waals surface area contributed by atoms with Crippen molar-refractivity contribution in [3.8, 4) is 44.5 Å². The molecular weight excluding hydrogens is 707 g/mol. The van der Waals surface area contributed by atoms with Gasteiger partial charge in [-0.25, -0.2) is 0 Å². The van der Waals surface area contributed by atoms with Crippen LogP contribution >= 0.6 is 11.3 Å². The third-order valence-corrected chi connectivity index (χ3v) is 13.3. The van der Waals surface area contributed by atoms with E-state index in [0.717, 1.165) is 17.1 Å². The summed E-state index contributed by atoms with van der Waals surface area (Å²) in [6, 6.07) is 73.7. The molecule has 1 nitrogen and oxygen atoms in total. The van der Waals surface area contributed by atoms with Crippen molar-refractivity contribution < 1.29 is 0 Å². The molecule has 1 heterocycles. The molecule has 1 aromatic heterocycles. The van der Waals surface area contributed by atoms with Crippen molar-refractivity contribution in [2.45, 2.75) is 19.3 Å². The first-order valence-electron chi connectivity index (χ1n) is 19.8. The minimum atomic E-state index is -0.0917. The Bertz CT molecular complexity index is 3140. The molecule has 270 valence electrons. The molecule has 0 radical (unpaired) electrons. The molecule has 0 N–H and O–H groups in total. The van der Waals surface area contributed by atoms with Crippen molar-refractivity contribution in [3.05, 3.63) is 211 Å². The predicted molar refractivity (Wildman–Crippen MR) is 245 cm³/mol. The van der Waals surface area contributed by atoms with Crippen LogP contribution in [0.3, 0.4) is 0 Å². The van der Waals surface area contributed by atoms with Crippen molar-refractivity contribution in [2.75, 3.05) is 4.90 Å². The molecule has 1 aliphatic rings. The smallest absolute Gasteiger partial charge is 0.0540 e. The van der Waals surface area contributed by atoms with Gasteiger partial charge in [0.1, 0.15) is 0 Å². The molecule has 0 aliphatic heterocycles. The van der Waals surface area contributed by atoms with E-state index in [0.29, 0.717) is 0 Å². The molecule has 0 saturated carbocycles. The second-order valence-corrected chi connectivity index (χ2v) is 16.7. The number of thiophene rings is 1. The molecule has 0 saturated heterocycles. The highest BCUT2D eigenvalue weighted by molar-refractivity contribution is 7.26. The van der Waals surface area contributed by atoms with Crippen molar-refractivity contribution >= 4 is 59.3 Å². The van der Waals surface area contributed by atoms with Crippen LogP contribution in [0, 0.1) is 0 Å². The second kappa shape index (κ2) is 13.2. The fourth-order valence-electron chi connectivity index (χ4n) is 9.43. The Kier molecular flexibility index (Phi) is 7.77. The van der Waals surface area contributed by atoms with Crippen LogP contribution in [0.15, 0.2) is 200 Å². The van der Waals surface area contributed by atoms with Crippen LogP contribution in [0.2, 0.25) is 0 Å². The van der Waals surface area contributed by atoms with Gasteiger partial charge < -0.3 is 4.90 Å². The van der Waals surface area contributed by atoms with Gasteiger partial charge in [0, 0.05) is 48.1 Å². The Labute approximate surface area is 337 Å². The Morgan fingerprint density at radius 2 is 0.912 bits per heavy atom. The third-order valence-electron chi connectivity index (χ3n) is 12.1. The van der Waals surface area contributed by atoms with Crippen LogP contribution in [0.1, 0.15) is 25.0 Å². The SMILES string of the molecule is CC1(C)c2ccccc2-c2cccc(-c3ccc(N(c4ccc(-c5cccc6ccccc56)cc4)c4ccccc4-c4cccc5c4sc4ccccc45)cc3)c21. The van der Waals surface area contributed by atoms with Gasteiger partial charge in [0.15, 0.2) is 0 Å². The number of rotatable bonds is 6. The summed E-state index contributed by atoms with van der Waals surface area (Å²) >= 11 is 1.88. The summed E-state index contributed by atoms with van der Waals surface area (Å²) in [5.41, 5.74) is 16.2. The number of anilines is 3. The van der Waals surface area contributed by atoms with Crippen molar-refractivity contribution in [2.24, 2.45) is 0 Å². The highest BCUT2D eigenvalue weighted by Crippen LogP contribution is 2.52. The topological polar surface area (TPSA) is 3.24 Å². The lowest BCUT2D eigenvalue weighted by atomic mass is 9.79. The normalized spacial score (nSPS) is 12.9. The van der Waals surface area contributed by atoms with Crippen molar-refractivity contribution in [1.82, 2.24) is 0 Å². The zero-order valence-corrected chi connectivity index (χ0v) is 32.7. The summed E-state index contributed by atoms with van der Waals surface area (Å²) in [7, 11) is 0. The van der Waals surface area contributed by atoms with Gasteiger partial charge in [-0.05, 0) is 91.7 Å². The molecular formula is C55H39NS. The molecule has 9 aromatic carbocycles. The average Bonchev–Trinajstić information content (AvgIpc) is 3.76. The van der Waals surface area contributed by atoms with Crippen LogP contribution in [0.4, 0.5) is 17.1 Å². The Morgan fingerprint density at radius 3 is 1.72 bits per heavy atom. The molecule has 1 aliphatic carbocycles. The molecule has 0 spiro atoms. The Hall–Kier alpha value is -6.74. The van der Waals surface area contributed by atoms with Crippen LogP contribution in [-0.2, 0) is 5.41 Å². The first-order chi connectivity index (χ1) is 28.0. The number of hydrogen-bond donors (Lipinski definition) is 0. The van der Waals surface area contributed by atoms with E-state index in [9.17, 15) is 0 Å². The van der Waals surface area contributed by atoms with E-state index in [1.165, 1.54) is 86.6 Å². The van der Waals surface area contributed by atoms with E-state index in [1.807, 2.05) is 11.3 Å². The highest BCUT2D eigenvalue weighted by atomic mass is 32.1. The molecule has 0 unspecified atom stereocenters. The maximum absolute atomic E-state index is 2.44. The second-order valence-electron chi connectivity index (χ2n) is 15.7. The lowest BCUT2D eigenvalue weighted by molar-refractivity contribution is 0.662. The zero-order chi connectivity index (χ0) is 38.1. The lowest BCUT2D eigenvalue weighted by Crippen LogP contribution is -2.16. The zero-order valence-electron chi connectivity index (χ0n) is 31.9. The average molecular weight is 746 g/mol. The summed E-state index contributed by atoms with van der Waals surface area (Å²) in [5.74, 6) is 0. The molecule has 10 aromatic rings. The van der Waals surface area contributed by atoms with E-state index >= 15 is 0 Å². The quantitative estimate of drug-likeness (QED) is 0.164. The number of benzene rings is 9. The van der Waals surface area contributed by atoms with E-state index in [1.54, 1.807) is 0 Å². The van der Waals surface area contributed by atoms with E-state index in [2.05, 4.69) is 219 Å². The van der Waals surface area contributed by atoms with Gasteiger partial charge in [0.05, 0.1) is 5.69 Å². The van der Waals surface area contributed by atoms with Gasteiger partial charge in [-0.2, -0.15) is 0 Å². The first-order valence-corrected chi connectivity index (χ1v) is 20.6. The van der Waals surface area contributed by atoms with Gasteiger partial charge in [-0.3, -0.25) is 0 Å². The van der Waals surface area contributed by atoms with Crippen LogP contribution in [-0.4, -0.2) is 0 Å². The van der Waals surface area contributed by atoms with E-state index in [4.69, 9.17) is 0 Å². The van der Waals surface area contributed by atoms with Crippen LogP contribution < -0.4 is 4.90 Å². The number of hydrogen-bond acceptors (Lipinski definition) is 2. The summed E-state index contributed by atoms with van der Waals surface area (Å²) in [4.78, 5) is 2.44. The van der Waals surface area contributed by atoms with Gasteiger partial charge >= 0.3 is 0 Å². The van der Waals surface area contributed by atoms with Crippen molar-refractivity contribution in [1.29, 1.82) is 0 Å². The molecule has 2 heteroatoms. The highest BCUT2D eigenvalue weighted by Gasteiger charge is 2.37. The first kappa shape index (κ1) is 33.6. The predicted octanol–water partition coefficient (Wildman–Crippen LogP) is 16.0. The fourth-order valence-corrected chi connectivity index (χ4v) is 10.7. The molecule has 57 heavy (non-hydrogen) atoms. The lowest BCUT2D eigenvalue weighted by Gasteiger charge is -2.29. The minimum Gasteiger partial charge on any atom is -0.310 e. The van der Waals surface area contributed by atoms with Gasteiger partial charge in [0.25, 0.3) is 0 Å². The molecule has 0 amide bonds. The Balaban J connectivity index is 1.07. The van der Waals surface area contributed by atoms with Crippen LogP contribution in [0.5, 0.6) is 0 Å². The number of para-hydroxylation sites is 1.